The first-order valence-corrected chi connectivity index (χ1v) is 14.1. The number of benzene rings is 2. The Morgan fingerprint density at radius 2 is 1.65 bits per heavy atom. The maximum Gasteiger partial charge on any atom is 0.453 e. The molecule has 0 aliphatic carbocycles. The Bertz CT molecular complexity index is 1780. The fourth-order valence-corrected chi connectivity index (χ4v) is 5.79. The van der Waals surface area contributed by atoms with E-state index in [-0.39, 0.29) is 35.5 Å². The van der Waals surface area contributed by atoms with Crippen LogP contribution >= 0.6 is 23.2 Å². The number of carbonyl (C=O) groups excluding carboxylic acids is 3. The summed E-state index contributed by atoms with van der Waals surface area (Å²) in [6, 6.07) is 15.3. The summed E-state index contributed by atoms with van der Waals surface area (Å²) in [5, 5.41) is 0.953. The van der Waals surface area contributed by atoms with Gasteiger partial charge in [0.05, 0.1) is 16.8 Å². The van der Waals surface area contributed by atoms with Gasteiger partial charge in [-0.3, -0.25) is 14.4 Å². The zero-order chi connectivity index (χ0) is 31.5. The minimum absolute atomic E-state index is 0.0236. The van der Waals surface area contributed by atoms with Gasteiger partial charge in [0.1, 0.15) is 0 Å². The van der Waals surface area contributed by atoms with E-state index in [2.05, 4.69) is 0 Å². The molecule has 1 saturated heterocycles. The highest BCUT2D eigenvalue weighted by molar-refractivity contribution is 6.33. The van der Waals surface area contributed by atoms with Crippen LogP contribution in [-0.2, 0) is 9.59 Å². The number of hydrogen-bond donors (Lipinski definition) is 1. The largest absolute Gasteiger partial charge is 0.453 e. The third-order valence-corrected chi connectivity index (χ3v) is 8.10. The summed E-state index contributed by atoms with van der Waals surface area (Å²) in [6.45, 7) is 4.66. The van der Waals surface area contributed by atoms with Crippen LogP contribution in [0.5, 0.6) is 0 Å². The summed E-state index contributed by atoms with van der Waals surface area (Å²) in [6.07, 6.45) is -5.85. The number of fused-ring (bicyclic) bond motifs is 1. The Kier molecular flexibility index (Phi) is 7.59. The fraction of sp³-hybridized carbons (Fsp3) is 0.290. The molecule has 0 bridgehead atoms. The summed E-state index contributed by atoms with van der Waals surface area (Å²) < 4.78 is 47.9. The maximum absolute atomic E-state index is 14.0. The number of anilines is 1. The second-order valence-corrected chi connectivity index (χ2v) is 12.2. The first-order valence-electron chi connectivity index (χ1n) is 13.3. The molecule has 1 fully saturated rings. The number of amides is 1. The van der Waals surface area contributed by atoms with Gasteiger partial charge in [0.25, 0.3) is 11.7 Å². The predicted octanol–water partition coefficient (Wildman–Crippen LogP) is 7.65. The lowest BCUT2D eigenvalue weighted by atomic mass is 9.86. The molecule has 0 saturated carbocycles. The van der Waals surface area contributed by atoms with Crippen LogP contribution in [0.2, 0.25) is 10.0 Å². The van der Waals surface area contributed by atoms with Gasteiger partial charge in [-0.05, 0) is 42.7 Å². The van der Waals surface area contributed by atoms with Crippen molar-refractivity contribution in [3.8, 4) is 22.4 Å². The SMILES string of the molecule is CC(C)(C)C(=O)c1oc2nc(-c3ccccc3Cl)c(-c3ccc(Cl)cc3)cc2c1N1CCC[C@@]1(C(N)=O)C(=O)C(F)(F)F. The van der Waals surface area contributed by atoms with Gasteiger partial charge < -0.3 is 15.1 Å². The number of hydrogen-bond acceptors (Lipinski definition) is 6. The molecule has 0 spiro atoms. The van der Waals surface area contributed by atoms with Crippen molar-refractivity contribution in [1.82, 2.24) is 4.98 Å². The summed E-state index contributed by atoms with van der Waals surface area (Å²) >= 11 is 12.7. The number of pyridine rings is 1. The monoisotopic (exact) mass is 631 g/mol. The lowest BCUT2D eigenvalue weighted by Gasteiger charge is -2.36. The van der Waals surface area contributed by atoms with Gasteiger partial charge in [-0.2, -0.15) is 13.2 Å². The van der Waals surface area contributed by atoms with Crippen LogP contribution in [0, 0.1) is 5.41 Å². The molecule has 224 valence electrons. The topological polar surface area (TPSA) is 106 Å². The van der Waals surface area contributed by atoms with Crippen molar-refractivity contribution >= 4 is 57.5 Å². The molecule has 0 radical (unpaired) electrons. The molecule has 1 atom stereocenters. The van der Waals surface area contributed by atoms with Crippen molar-refractivity contribution < 1.29 is 32.0 Å². The normalized spacial score (nSPS) is 17.4. The minimum atomic E-state index is -5.38. The van der Waals surface area contributed by atoms with E-state index < -0.39 is 41.0 Å². The first kappa shape index (κ1) is 30.6. The summed E-state index contributed by atoms with van der Waals surface area (Å²) in [5.74, 6) is -4.70. The van der Waals surface area contributed by atoms with Crippen molar-refractivity contribution in [1.29, 1.82) is 0 Å². The predicted molar refractivity (Wildman–Crippen MR) is 158 cm³/mol. The molecule has 1 amide bonds. The van der Waals surface area contributed by atoms with E-state index in [1.54, 1.807) is 75.4 Å². The zero-order valence-electron chi connectivity index (χ0n) is 23.3. The number of halogens is 5. The van der Waals surface area contributed by atoms with E-state index in [0.717, 1.165) is 4.90 Å². The van der Waals surface area contributed by atoms with Crippen molar-refractivity contribution in [2.24, 2.45) is 11.1 Å². The quantitative estimate of drug-likeness (QED) is 0.173. The Morgan fingerprint density at radius 1 is 1.00 bits per heavy atom. The van der Waals surface area contributed by atoms with Crippen molar-refractivity contribution in [3.05, 3.63) is 70.4 Å². The zero-order valence-corrected chi connectivity index (χ0v) is 24.8. The van der Waals surface area contributed by atoms with E-state index >= 15 is 0 Å². The molecule has 1 aliphatic heterocycles. The van der Waals surface area contributed by atoms with Gasteiger partial charge in [0.15, 0.2) is 11.3 Å². The van der Waals surface area contributed by atoms with E-state index in [9.17, 15) is 27.6 Å². The number of Topliss-reactive ketones (excluding diaryl/α,β-unsaturated/α-hetero) is 2. The van der Waals surface area contributed by atoms with E-state index in [4.69, 9.17) is 38.3 Å². The number of ketones is 2. The summed E-state index contributed by atoms with van der Waals surface area (Å²) in [7, 11) is 0. The van der Waals surface area contributed by atoms with Gasteiger partial charge >= 0.3 is 6.18 Å². The second-order valence-electron chi connectivity index (χ2n) is 11.4. The molecular formula is C31H26Cl2F3N3O4. The number of aromatic nitrogens is 1. The van der Waals surface area contributed by atoms with Crippen LogP contribution in [0.15, 0.2) is 59.0 Å². The average molecular weight is 632 g/mol. The van der Waals surface area contributed by atoms with Gasteiger partial charge in [-0.1, -0.05) is 74.3 Å². The number of nitrogens with zero attached hydrogens (tertiary/aromatic N) is 2. The van der Waals surface area contributed by atoms with Gasteiger partial charge in [0, 0.05) is 33.1 Å². The Morgan fingerprint density at radius 3 is 2.23 bits per heavy atom. The Hall–Kier alpha value is -3.89. The number of primary amides is 1. The Balaban J connectivity index is 1.90. The lowest BCUT2D eigenvalue weighted by molar-refractivity contribution is -0.177. The molecule has 2 N–H and O–H groups in total. The lowest BCUT2D eigenvalue weighted by Crippen LogP contribution is -2.63. The molecule has 0 unspecified atom stereocenters. The van der Waals surface area contributed by atoms with Gasteiger partial charge in [-0.25, -0.2) is 4.98 Å². The fourth-order valence-electron chi connectivity index (χ4n) is 5.44. The molecule has 43 heavy (non-hydrogen) atoms. The first-order chi connectivity index (χ1) is 20.1. The van der Waals surface area contributed by atoms with Crippen molar-refractivity contribution in [2.75, 3.05) is 11.4 Å². The number of rotatable bonds is 6. The number of furan rings is 1. The molecule has 4 aromatic rings. The van der Waals surface area contributed by atoms with Crippen LogP contribution in [0.1, 0.15) is 44.2 Å². The molecule has 1 aliphatic rings. The third-order valence-electron chi connectivity index (χ3n) is 7.52. The van der Waals surface area contributed by atoms with Crippen LogP contribution in [0.4, 0.5) is 18.9 Å². The highest BCUT2D eigenvalue weighted by Gasteiger charge is 2.62. The molecule has 12 heteroatoms. The number of alkyl halides is 3. The molecule has 2 aromatic heterocycles. The van der Waals surface area contributed by atoms with Crippen LogP contribution in [-0.4, -0.2) is 40.7 Å². The Labute approximate surface area is 254 Å². The smallest absolute Gasteiger partial charge is 0.432 e. The van der Waals surface area contributed by atoms with Crippen molar-refractivity contribution in [2.45, 2.75) is 45.3 Å². The molecule has 3 heterocycles. The molecule has 2 aromatic carbocycles. The highest BCUT2D eigenvalue weighted by atomic mass is 35.5. The third kappa shape index (κ3) is 5.16. The molecular weight excluding hydrogens is 606 g/mol. The average Bonchev–Trinajstić information content (AvgIpc) is 3.53. The molecule has 7 nitrogen and oxygen atoms in total. The van der Waals surface area contributed by atoms with Crippen LogP contribution in [0.25, 0.3) is 33.5 Å². The van der Waals surface area contributed by atoms with Gasteiger partial charge in [-0.15, -0.1) is 0 Å². The van der Waals surface area contributed by atoms with E-state index in [0.29, 0.717) is 32.4 Å². The number of carbonyl (C=O) groups is 3. The van der Waals surface area contributed by atoms with E-state index in [1.807, 2.05) is 0 Å². The maximum atomic E-state index is 14.0. The minimum Gasteiger partial charge on any atom is -0.432 e. The van der Waals surface area contributed by atoms with Gasteiger partial charge in [0.2, 0.25) is 11.5 Å². The summed E-state index contributed by atoms with van der Waals surface area (Å²) in [4.78, 5) is 45.2. The standard InChI is InChI=1S/C31H26Cl2F3N3O4/c1-29(2,3)25(40)24-23(39-14-6-13-30(39,28(37)42)27(41)31(34,35)36)20-15-19(16-9-11-17(32)12-10-16)22(38-26(20)43-24)18-7-4-5-8-21(18)33/h4-5,7-12,15H,6,13-14H2,1-3H3,(H2,37,42)/t30-/m0/s1. The second kappa shape index (κ2) is 10.7. The van der Waals surface area contributed by atoms with Crippen LogP contribution in [0.3, 0.4) is 0 Å². The summed E-state index contributed by atoms with van der Waals surface area (Å²) in [5.41, 5.74) is 3.48. The molecule has 5 rings (SSSR count). The number of nitrogens with two attached hydrogens (primary N) is 1. The van der Waals surface area contributed by atoms with Crippen molar-refractivity contribution in [3.63, 3.8) is 0 Å². The van der Waals surface area contributed by atoms with Crippen LogP contribution < -0.4 is 10.6 Å². The van der Waals surface area contributed by atoms with E-state index in [1.165, 1.54) is 0 Å². The highest BCUT2D eigenvalue weighted by Crippen LogP contribution is 2.48.